The van der Waals surface area contributed by atoms with E-state index < -0.39 is 0 Å². The molecule has 0 aromatic carbocycles. The van der Waals surface area contributed by atoms with Gasteiger partial charge in [-0.2, -0.15) is 0 Å². The molecule has 1 heterocycles. The number of hydrogen-bond acceptors (Lipinski definition) is 3. The maximum absolute atomic E-state index is 11.7. The van der Waals surface area contributed by atoms with Gasteiger partial charge in [0, 0.05) is 20.1 Å². The molecular formula is C11H23N3O. The summed E-state index contributed by atoms with van der Waals surface area (Å²) in [6.45, 7) is 6.11. The first-order valence-corrected chi connectivity index (χ1v) is 5.83. The van der Waals surface area contributed by atoms with Crippen molar-refractivity contribution in [2.45, 2.75) is 19.8 Å². The van der Waals surface area contributed by atoms with Crippen LogP contribution < -0.4 is 5.73 Å². The predicted octanol–water partition coefficient (Wildman–Crippen LogP) is 0.135. The SMILES string of the molecule is CCN(C)C(=O)CN1CCCC(CN)C1. The van der Waals surface area contributed by atoms with Crippen molar-refractivity contribution in [3.63, 3.8) is 0 Å². The Morgan fingerprint density at radius 3 is 2.93 bits per heavy atom. The van der Waals surface area contributed by atoms with Crippen LogP contribution in [0.25, 0.3) is 0 Å². The molecule has 1 atom stereocenters. The van der Waals surface area contributed by atoms with Gasteiger partial charge >= 0.3 is 0 Å². The van der Waals surface area contributed by atoms with Gasteiger partial charge < -0.3 is 10.6 Å². The van der Waals surface area contributed by atoms with Gasteiger partial charge in [0.2, 0.25) is 5.91 Å². The number of likely N-dealkylation sites (tertiary alicyclic amines) is 1. The lowest BCUT2D eigenvalue weighted by atomic mass is 9.98. The van der Waals surface area contributed by atoms with E-state index in [0.29, 0.717) is 12.5 Å². The fraction of sp³-hybridized carbons (Fsp3) is 0.909. The normalized spacial score (nSPS) is 22.7. The third-order valence-corrected chi connectivity index (χ3v) is 3.20. The Morgan fingerprint density at radius 2 is 2.33 bits per heavy atom. The molecule has 88 valence electrons. The summed E-state index contributed by atoms with van der Waals surface area (Å²) in [6, 6.07) is 0. The summed E-state index contributed by atoms with van der Waals surface area (Å²) in [5, 5.41) is 0. The van der Waals surface area contributed by atoms with Crippen molar-refractivity contribution in [1.29, 1.82) is 0 Å². The maximum atomic E-state index is 11.7. The first kappa shape index (κ1) is 12.5. The standard InChI is InChI=1S/C11H23N3O/c1-3-13(2)11(15)9-14-6-4-5-10(7-12)8-14/h10H,3-9,12H2,1-2H3. The third kappa shape index (κ3) is 3.80. The van der Waals surface area contributed by atoms with Crippen LogP contribution >= 0.6 is 0 Å². The molecule has 0 radical (unpaired) electrons. The zero-order chi connectivity index (χ0) is 11.3. The highest BCUT2D eigenvalue weighted by Gasteiger charge is 2.21. The molecule has 2 N–H and O–H groups in total. The van der Waals surface area contributed by atoms with E-state index in [1.165, 1.54) is 12.8 Å². The van der Waals surface area contributed by atoms with Crippen LogP contribution in [0, 0.1) is 5.92 Å². The van der Waals surface area contributed by atoms with E-state index in [-0.39, 0.29) is 5.91 Å². The summed E-state index contributed by atoms with van der Waals surface area (Å²) in [4.78, 5) is 15.7. The molecule has 1 amide bonds. The largest absolute Gasteiger partial charge is 0.345 e. The molecular weight excluding hydrogens is 190 g/mol. The van der Waals surface area contributed by atoms with Crippen molar-refractivity contribution in [3.05, 3.63) is 0 Å². The molecule has 0 aromatic heterocycles. The Labute approximate surface area is 92.4 Å². The number of likely N-dealkylation sites (N-methyl/N-ethyl adjacent to an activating group) is 1. The van der Waals surface area contributed by atoms with Gasteiger partial charge in [0.15, 0.2) is 0 Å². The van der Waals surface area contributed by atoms with Crippen LogP contribution in [0.15, 0.2) is 0 Å². The highest BCUT2D eigenvalue weighted by atomic mass is 16.2. The lowest BCUT2D eigenvalue weighted by Crippen LogP contribution is -2.44. The molecule has 15 heavy (non-hydrogen) atoms. The molecule has 0 aliphatic carbocycles. The van der Waals surface area contributed by atoms with Crippen LogP contribution in [-0.2, 0) is 4.79 Å². The van der Waals surface area contributed by atoms with Crippen LogP contribution in [0.5, 0.6) is 0 Å². The van der Waals surface area contributed by atoms with Gasteiger partial charge in [-0.15, -0.1) is 0 Å². The van der Waals surface area contributed by atoms with Crippen molar-refractivity contribution >= 4 is 5.91 Å². The summed E-state index contributed by atoms with van der Waals surface area (Å²) >= 11 is 0. The number of rotatable bonds is 4. The van der Waals surface area contributed by atoms with Gasteiger partial charge in [-0.05, 0) is 38.8 Å². The minimum absolute atomic E-state index is 0.218. The van der Waals surface area contributed by atoms with Crippen LogP contribution in [-0.4, -0.2) is 55.5 Å². The predicted molar refractivity (Wildman–Crippen MR) is 61.5 cm³/mol. The topological polar surface area (TPSA) is 49.6 Å². The molecule has 0 bridgehead atoms. The van der Waals surface area contributed by atoms with Crippen molar-refractivity contribution in [2.75, 3.05) is 39.8 Å². The molecule has 0 saturated carbocycles. The van der Waals surface area contributed by atoms with Crippen LogP contribution in [0.4, 0.5) is 0 Å². The molecule has 1 aliphatic rings. The van der Waals surface area contributed by atoms with Crippen LogP contribution in [0.1, 0.15) is 19.8 Å². The highest BCUT2D eigenvalue weighted by molar-refractivity contribution is 5.77. The smallest absolute Gasteiger partial charge is 0.236 e. The molecule has 1 fully saturated rings. The minimum atomic E-state index is 0.218. The fourth-order valence-electron chi connectivity index (χ4n) is 1.98. The van der Waals surface area contributed by atoms with E-state index in [0.717, 1.165) is 26.2 Å². The summed E-state index contributed by atoms with van der Waals surface area (Å²) in [7, 11) is 1.85. The zero-order valence-corrected chi connectivity index (χ0v) is 9.91. The first-order chi connectivity index (χ1) is 7.17. The number of amides is 1. The van der Waals surface area contributed by atoms with Crippen molar-refractivity contribution in [2.24, 2.45) is 11.7 Å². The highest BCUT2D eigenvalue weighted by Crippen LogP contribution is 2.14. The van der Waals surface area contributed by atoms with Gasteiger partial charge in [-0.1, -0.05) is 0 Å². The average Bonchev–Trinajstić information content (AvgIpc) is 2.28. The monoisotopic (exact) mass is 213 g/mol. The van der Waals surface area contributed by atoms with Crippen molar-refractivity contribution in [3.8, 4) is 0 Å². The molecule has 1 aliphatic heterocycles. The average molecular weight is 213 g/mol. The fourth-order valence-corrected chi connectivity index (χ4v) is 1.98. The van der Waals surface area contributed by atoms with Crippen LogP contribution in [0.2, 0.25) is 0 Å². The molecule has 4 heteroatoms. The number of nitrogens with zero attached hydrogens (tertiary/aromatic N) is 2. The van der Waals surface area contributed by atoms with E-state index in [1.54, 1.807) is 4.90 Å². The van der Waals surface area contributed by atoms with E-state index in [9.17, 15) is 4.79 Å². The molecule has 4 nitrogen and oxygen atoms in total. The summed E-state index contributed by atoms with van der Waals surface area (Å²) in [5.41, 5.74) is 5.66. The Bertz CT molecular complexity index is 208. The lowest BCUT2D eigenvalue weighted by Gasteiger charge is -2.32. The third-order valence-electron chi connectivity index (χ3n) is 3.20. The Balaban J connectivity index is 2.34. The van der Waals surface area contributed by atoms with E-state index >= 15 is 0 Å². The minimum Gasteiger partial charge on any atom is -0.345 e. The van der Waals surface area contributed by atoms with Crippen LogP contribution in [0.3, 0.4) is 0 Å². The second-order valence-corrected chi connectivity index (χ2v) is 4.39. The van der Waals surface area contributed by atoms with Gasteiger partial charge in [0.1, 0.15) is 0 Å². The summed E-state index contributed by atoms with van der Waals surface area (Å²) in [5.74, 6) is 0.800. The molecule has 1 saturated heterocycles. The molecule has 0 aromatic rings. The van der Waals surface area contributed by atoms with E-state index in [4.69, 9.17) is 5.73 Å². The van der Waals surface area contributed by atoms with Gasteiger partial charge in [0.25, 0.3) is 0 Å². The Kier molecular flexibility index (Phi) is 5.05. The summed E-state index contributed by atoms with van der Waals surface area (Å²) in [6.07, 6.45) is 2.38. The number of carbonyl (C=O) groups is 1. The number of carbonyl (C=O) groups excluding carboxylic acids is 1. The van der Waals surface area contributed by atoms with Crippen molar-refractivity contribution < 1.29 is 4.79 Å². The second-order valence-electron chi connectivity index (χ2n) is 4.39. The Morgan fingerprint density at radius 1 is 1.60 bits per heavy atom. The van der Waals surface area contributed by atoms with Gasteiger partial charge in [0.05, 0.1) is 6.54 Å². The lowest BCUT2D eigenvalue weighted by molar-refractivity contribution is -0.131. The molecule has 0 spiro atoms. The van der Waals surface area contributed by atoms with Gasteiger partial charge in [-0.25, -0.2) is 0 Å². The van der Waals surface area contributed by atoms with E-state index in [2.05, 4.69) is 4.90 Å². The Hall–Kier alpha value is -0.610. The first-order valence-electron chi connectivity index (χ1n) is 5.83. The zero-order valence-electron chi connectivity index (χ0n) is 9.91. The molecule has 1 unspecified atom stereocenters. The number of piperidine rings is 1. The van der Waals surface area contributed by atoms with Crippen molar-refractivity contribution in [1.82, 2.24) is 9.80 Å². The summed E-state index contributed by atoms with van der Waals surface area (Å²) < 4.78 is 0. The number of hydrogen-bond donors (Lipinski definition) is 1. The maximum Gasteiger partial charge on any atom is 0.236 e. The second kappa shape index (κ2) is 6.08. The van der Waals surface area contributed by atoms with E-state index in [1.807, 2.05) is 14.0 Å². The quantitative estimate of drug-likeness (QED) is 0.722. The molecule has 1 rings (SSSR count). The number of nitrogens with two attached hydrogens (primary N) is 1. The van der Waals surface area contributed by atoms with Gasteiger partial charge in [-0.3, -0.25) is 9.69 Å².